The number of rotatable bonds is 12. The minimum atomic E-state index is -0.00619. The molecule has 2 aliphatic carbocycles. The number of nitrogens with zero attached hydrogens (tertiary/aromatic N) is 2. The van der Waals surface area contributed by atoms with E-state index in [-0.39, 0.29) is 36.2 Å². The Balaban J connectivity index is 1.26. The van der Waals surface area contributed by atoms with Crippen molar-refractivity contribution in [1.82, 2.24) is 9.80 Å². The molecule has 0 saturated heterocycles. The summed E-state index contributed by atoms with van der Waals surface area (Å²) in [7, 11) is 3.25. The second kappa shape index (κ2) is 11.4. The van der Waals surface area contributed by atoms with Crippen molar-refractivity contribution in [2.45, 2.75) is 44.2 Å². The van der Waals surface area contributed by atoms with Gasteiger partial charge in [-0.2, -0.15) is 0 Å². The molecule has 0 radical (unpaired) electrons. The van der Waals surface area contributed by atoms with Gasteiger partial charge in [0.15, 0.2) is 11.5 Å². The van der Waals surface area contributed by atoms with E-state index < -0.39 is 0 Å². The highest BCUT2D eigenvalue weighted by molar-refractivity contribution is 7.09. The number of hydrogen-bond donors (Lipinski definition) is 0. The zero-order valence-electron chi connectivity index (χ0n) is 21.5. The molecule has 194 valence electrons. The first kappa shape index (κ1) is 25.3. The average molecular weight is 519 g/mol. The lowest BCUT2D eigenvalue weighted by molar-refractivity contribution is -0.142. The van der Waals surface area contributed by atoms with Gasteiger partial charge in [-0.05, 0) is 66.3 Å². The second-order valence-corrected chi connectivity index (χ2v) is 10.9. The van der Waals surface area contributed by atoms with E-state index in [4.69, 9.17) is 9.47 Å². The van der Waals surface area contributed by atoms with Crippen molar-refractivity contribution in [3.8, 4) is 11.5 Å². The fourth-order valence-electron chi connectivity index (χ4n) is 4.95. The first-order valence-corrected chi connectivity index (χ1v) is 13.8. The number of methoxy groups -OCH3 is 2. The Kier molecular flexibility index (Phi) is 7.79. The fraction of sp³-hybridized carbons (Fsp3) is 0.400. The van der Waals surface area contributed by atoms with Crippen LogP contribution in [0.3, 0.4) is 0 Å². The maximum Gasteiger partial charge on any atom is 0.242 e. The van der Waals surface area contributed by atoms with Crippen LogP contribution in [-0.2, 0) is 22.6 Å². The molecule has 7 heteroatoms. The van der Waals surface area contributed by atoms with Gasteiger partial charge in [-0.15, -0.1) is 11.3 Å². The van der Waals surface area contributed by atoms with E-state index in [0.29, 0.717) is 31.0 Å². The fourth-order valence-corrected chi connectivity index (χ4v) is 5.67. The molecular formula is C30H34N2O4S. The summed E-state index contributed by atoms with van der Waals surface area (Å²) >= 11 is 1.65. The molecule has 1 aromatic heterocycles. The van der Waals surface area contributed by atoms with Crippen molar-refractivity contribution in [2.24, 2.45) is 5.92 Å². The third-order valence-electron chi connectivity index (χ3n) is 7.31. The molecule has 2 aromatic carbocycles. The van der Waals surface area contributed by atoms with E-state index in [2.05, 4.69) is 18.2 Å². The number of hydrogen-bond acceptors (Lipinski definition) is 5. The van der Waals surface area contributed by atoms with Gasteiger partial charge in [-0.1, -0.05) is 42.5 Å². The topological polar surface area (TPSA) is 59.1 Å². The summed E-state index contributed by atoms with van der Waals surface area (Å²) in [6, 6.07) is 20.4. The SMILES string of the molecule is COc1ccc(CCN(Cc2cccs2)C(=O)CN(C(=O)C2CC2c2ccccc2)C2CC2)cc1OC. The largest absolute Gasteiger partial charge is 0.493 e. The summed E-state index contributed by atoms with van der Waals surface area (Å²) in [4.78, 5) is 32.0. The minimum Gasteiger partial charge on any atom is -0.493 e. The normalized spacial score (nSPS) is 18.2. The highest BCUT2D eigenvalue weighted by atomic mass is 32.1. The van der Waals surface area contributed by atoms with Crippen LogP contribution in [0.2, 0.25) is 0 Å². The Morgan fingerprint density at radius 3 is 2.43 bits per heavy atom. The Morgan fingerprint density at radius 2 is 1.76 bits per heavy atom. The third-order valence-corrected chi connectivity index (χ3v) is 8.17. The standard InChI is InChI=1S/C30H34N2O4S/c1-35-27-13-10-21(17-28(27)36-2)14-15-31(19-24-9-6-16-37-24)29(33)20-32(23-11-12-23)30(34)26-18-25(26)22-7-4-3-5-8-22/h3-10,13,16-17,23,25-26H,11-12,14-15,18-20H2,1-2H3. The molecule has 5 rings (SSSR count). The van der Waals surface area contributed by atoms with Crippen molar-refractivity contribution in [3.05, 3.63) is 82.0 Å². The Labute approximate surface area is 222 Å². The van der Waals surface area contributed by atoms with E-state index >= 15 is 0 Å². The quantitative estimate of drug-likeness (QED) is 0.334. The van der Waals surface area contributed by atoms with Crippen LogP contribution < -0.4 is 9.47 Å². The summed E-state index contributed by atoms with van der Waals surface area (Å²) in [6.45, 7) is 1.26. The van der Waals surface area contributed by atoms with E-state index in [1.807, 2.05) is 57.6 Å². The lowest BCUT2D eigenvalue weighted by Gasteiger charge is -2.28. The molecule has 6 nitrogen and oxygen atoms in total. The van der Waals surface area contributed by atoms with Crippen molar-refractivity contribution in [3.63, 3.8) is 0 Å². The first-order valence-electron chi connectivity index (χ1n) is 12.9. The van der Waals surface area contributed by atoms with E-state index in [9.17, 15) is 9.59 Å². The van der Waals surface area contributed by atoms with Crippen LogP contribution in [0, 0.1) is 5.92 Å². The van der Waals surface area contributed by atoms with Gasteiger partial charge in [0.1, 0.15) is 6.54 Å². The van der Waals surface area contributed by atoms with Gasteiger partial charge in [0, 0.05) is 23.4 Å². The highest BCUT2D eigenvalue weighted by Crippen LogP contribution is 2.49. The Morgan fingerprint density at radius 1 is 0.973 bits per heavy atom. The van der Waals surface area contributed by atoms with Gasteiger partial charge in [0.25, 0.3) is 0 Å². The monoisotopic (exact) mass is 518 g/mol. The maximum absolute atomic E-state index is 13.6. The van der Waals surface area contributed by atoms with Gasteiger partial charge in [0.05, 0.1) is 20.8 Å². The predicted molar refractivity (Wildman–Crippen MR) is 145 cm³/mol. The van der Waals surface area contributed by atoms with Gasteiger partial charge in [-0.3, -0.25) is 9.59 Å². The highest BCUT2D eigenvalue weighted by Gasteiger charge is 2.48. The van der Waals surface area contributed by atoms with Gasteiger partial charge in [0.2, 0.25) is 11.8 Å². The van der Waals surface area contributed by atoms with Crippen molar-refractivity contribution < 1.29 is 19.1 Å². The molecule has 2 fully saturated rings. The molecule has 37 heavy (non-hydrogen) atoms. The molecule has 3 aromatic rings. The number of carbonyl (C=O) groups is 2. The lowest BCUT2D eigenvalue weighted by Crippen LogP contribution is -2.45. The van der Waals surface area contributed by atoms with Crippen LogP contribution >= 0.6 is 11.3 Å². The number of carbonyl (C=O) groups excluding carboxylic acids is 2. The van der Waals surface area contributed by atoms with Crippen molar-refractivity contribution in [2.75, 3.05) is 27.3 Å². The summed E-state index contributed by atoms with van der Waals surface area (Å²) in [5.41, 5.74) is 2.29. The predicted octanol–water partition coefficient (Wildman–Crippen LogP) is 5.13. The van der Waals surface area contributed by atoms with Crippen LogP contribution in [0.4, 0.5) is 0 Å². The van der Waals surface area contributed by atoms with Gasteiger partial charge < -0.3 is 19.3 Å². The second-order valence-electron chi connectivity index (χ2n) is 9.89. The van der Waals surface area contributed by atoms with Crippen LogP contribution in [0.5, 0.6) is 11.5 Å². The van der Waals surface area contributed by atoms with Crippen LogP contribution in [0.25, 0.3) is 0 Å². The Hall–Kier alpha value is -3.32. The molecule has 2 atom stereocenters. The summed E-state index contributed by atoms with van der Waals surface area (Å²) in [5, 5.41) is 2.03. The third kappa shape index (κ3) is 6.16. The Bertz CT molecular complexity index is 1210. The molecule has 0 aliphatic heterocycles. The number of ether oxygens (including phenoxy) is 2. The smallest absolute Gasteiger partial charge is 0.242 e. The lowest BCUT2D eigenvalue weighted by atomic mass is 10.1. The first-order chi connectivity index (χ1) is 18.1. The molecule has 2 aliphatic rings. The van der Waals surface area contributed by atoms with E-state index in [1.165, 1.54) is 5.56 Å². The summed E-state index contributed by atoms with van der Waals surface area (Å²) in [5.74, 6) is 1.78. The molecular weight excluding hydrogens is 484 g/mol. The van der Waals surface area contributed by atoms with Gasteiger partial charge >= 0.3 is 0 Å². The minimum absolute atomic E-state index is 0.00559. The van der Waals surface area contributed by atoms with Gasteiger partial charge in [-0.25, -0.2) is 0 Å². The molecule has 2 saturated carbocycles. The van der Waals surface area contributed by atoms with E-state index in [0.717, 1.165) is 29.7 Å². The zero-order chi connectivity index (χ0) is 25.8. The maximum atomic E-state index is 13.6. The summed E-state index contributed by atoms with van der Waals surface area (Å²) < 4.78 is 10.8. The number of benzene rings is 2. The molecule has 0 bridgehead atoms. The molecule has 0 N–H and O–H groups in total. The van der Waals surface area contributed by atoms with Crippen molar-refractivity contribution >= 4 is 23.2 Å². The average Bonchev–Trinajstić information content (AvgIpc) is 3.87. The molecule has 0 spiro atoms. The molecule has 2 unspecified atom stereocenters. The van der Waals surface area contributed by atoms with Crippen LogP contribution in [0.1, 0.15) is 41.2 Å². The number of thiophene rings is 1. The molecule has 1 heterocycles. The summed E-state index contributed by atoms with van der Waals surface area (Å²) in [6.07, 6.45) is 3.53. The molecule has 2 amide bonds. The van der Waals surface area contributed by atoms with E-state index in [1.54, 1.807) is 25.6 Å². The zero-order valence-corrected chi connectivity index (χ0v) is 22.3. The van der Waals surface area contributed by atoms with Crippen molar-refractivity contribution in [1.29, 1.82) is 0 Å². The van der Waals surface area contributed by atoms with Crippen LogP contribution in [0.15, 0.2) is 66.0 Å². The van der Waals surface area contributed by atoms with Crippen LogP contribution in [-0.4, -0.2) is 55.0 Å². The number of amides is 2.